The van der Waals surface area contributed by atoms with E-state index in [0.717, 1.165) is 24.3 Å². The van der Waals surface area contributed by atoms with Gasteiger partial charge in [0.15, 0.2) is 5.70 Å². The van der Waals surface area contributed by atoms with Gasteiger partial charge in [0.1, 0.15) is 17.8 Å². The maximum atomic E-state index is 12.3. The lowest BCUT2D eigenvalue weighted by molar-refractivity contribution is -0.137. The second kappa shape index (κ2) is 6.30. The number of benzene rings is 1. The summed E-state index contributed by atoms with van der Waals surface area (Å²) in [5.41, 5.74) is 3.44. The zero-order chi connectivity index (χ0) is 16.0. The molecule has 21 heavy (non-hydrogen) atoms. The van der Waals surface area contributed by atoms with Crippen LogP contribution in [0.15, 0.2) is 35.7 Å². The number of carbonyl (C=O) groups is 1. The molecule has 108 valence electrons. The Labute approximate surface area is 117 Å². The minimum absolute atomic E-state index is 0.0771. The first kappa shape index (κ1) is 15.9. The van der Waals surface area contributed by atoms with Crippen LogP contribution in [0.4, 0.5) is 23.7 Å². The zero-order valence-electron chi connectivity index (χ0n) is 10.3. The average molecular weight is 295 g/mol. The van der Waals surface area contributed by atoms with Crippen LogP contribution in [-0.2, 0) is 6.18 Å². The van der Waals surface area contributed by atoms with E-state index in [9.17, 15) is 18.0 Å². The lowest BCUT2D eigenvalue weighted by atomic mass is 10.2. The van der Waals surface area contributed by atoms with Gasteiger partial charge in [-0.05, 0) is 24.3 Å². The number of urea groups is 1. The quantitative estimate of drug-likeness (QED) is 0.724. The van der Waals surface area contributed by atoms with Gasteiger partial charge in [-0.25, -0.2) is 4.79 Å². The number of nitriles is 2. The van der Waals surface area contributed by atoms with Gasteiger partial charge in [0, 0.05) is 5.69 Å². The van der Waals surface area contributed by atoms with Crippen molar-refractivity contribution in [2.45, 2.75) is 6.18 Å². The fourth-order valence-electron chi connectivity index (χ4n) is 1.23. The van der Waals surface area contributed by atoms with E-state index in [1.165, 1.54) is 12.1 Å². The van der Waals surface area contributed by atoms with Gasteiger partial charge in [-0.3, -0.25) is 5.32 Å². The number of alkyl halides is 3. The minimum atomic E-state index is -4.47. The number of amides is 2. The summed E-state index contributed by atoms with van der Waals surface area (Å²) in [6, 6.07) is 5.75. The van der Waals surface area contributed by atoms with Crippen LogP contribution in [0.3, 0.4) is 0 Å². The van der Waals surface area contributed by atoms with E-state index < -0.39 is 29.2 Å². The van der Waals surface area contributed by atoms with Crippen molar-refractivity contribution in [2.75, 3.05) is 5.32 Å². The lowest BCUT2D eigenvalue weighted by Gasteiger charge is -2.09. The van der Waals surface area contributed by atoms with Crippen molar-refractivity contribution < 1.29 is 18.0 Å². The molecule has 4 N–H and O–H groups in total. The maximum absolute atomic E-state index is 12.3. The fourth-order valence-corrected chi connectivity index (χ4v) is 1.23. The Kier molecular flexibility index (Phi) is 4.76. The fraction of sp³-hybridized carbons (Fsp3) is 0.0833. The van der Waals surface area contributed by atoms with Gasteiger partial charge >= 0.3 is 12.2 Å². The van der Waals surface area contributed by atoms with E-state index in [-0.39, 0.29) is 5.69 Å². The molecule has 0 radical (unpaired) electrons. The molecule has 0 aromatic heterocycles. The van der Waals surface area contributed by atoms with Crippen molar-refractivity contribution in [1.82, 2.24) is 5.32 Å². The van der Waals surface area contributed by atoms with Crippen LogP contribution in [-0.4, -0.2) is 6.03 Å². The molecule has 0 spiro atoms. The largest absolute Gasteiger partial charge is 0.416 e. The molecule has 0 heterocycles. The molecule has 1 rings (SSSR count). The number of anilines is 1. The second-order valence-corrected chi connectivity index (χ2v) is 3.67. The highest BCUT2D eigenvalue weighted by atomic mass is 19.4. The second-order valence-electron chi connectivity index (χ2n) is 3.67. The Bertz CT molecular complexity index is 649. The smallest absolute Gasteiger partial charge is 0.388 e. The number of nitrogens with one attached hydrogen (secondary N) is 2. The molecule has 2 amide bonds. The molecule has 1 aromatic rings. The summed E-state index contributed by atoms with van der Waals surface area (Å²) in [6.07, 6.45) is -4.47. The Morgan fingerprint density at radius 2 is 1.71 bits per heavy atom. The molecule has 0 aliphatic heterocycles. The van der Waals surface area contributed by atoms with Crippen LogP contribution in [0.5, 0.6) is 0 Å². The van der Waals surface area contributed by atoms with Gasteiger partial charge in [-0.1, -0.05) is 0 Å². The molecule has 0 aliphatic rings. The van der Waals surface area contributed by atoms with Crippen LogP contribution < -0.4 is 16.4 Å². The van der Waals surface area contributed by atoms with E-state index in [4.69, 9.17) is 16.3 Å². The Balaban J connectivity index is 2.77. The van der Waals surface area contributed by atoms with Crippen molar-refractivity contribution in [3.05, 3.63) is 41.2 Å². The molecule has 0 unspecified atom stereocenters. The molecule has 0 saturated carbocycles. The SMILES string of the molecule is N#CC(N)=C(C#N)NC(=O)Nc1ccc(C(F)(F)F)cc1. The first-order valence-electron chi connectivity index (χ1n) is 5.33. The number of hydrogen-bond donors (Lipinski definition) is 3. The predicted octanol–water partition coefficient (Wildman–Crippen LogP) is 2.04. The van der Waals surface area contributed by atoms with E-state index in [0.29, 0.717) is 0 Å². The maximum Gasteiger partial charge on any atom is 0.416 e. The van der Waals surface area contributed by atoms with E-state index >= 15 is 0 Å². The summed E-state index contributed by atoms with van der Waals surface area (Å²) in [4.78, 5) is 11.5. The number of allylic oxidation sites excluding steroid dienone is 2. The third-order valence-corrected chi connectivity index (χ3v) is 2.21. The molecule has 0 aliphatic carbocycles. The molecule has 0 saturated heterocycles. The van der Waals surface area contributed by atoms with Crippen molar-refractivity contribution in [2.24, 2.45) is 5.73 Å². The summed E-state index contributed by atoms with van der Waals surface area (Å²) >= 11 is 0. The molecule has 1 aromatic carbocycles. The van der Waals surface area contributed by atoms with Crippen LogP contribution in [0.1, 0.15) is 5.56 Å². The summed E-state index contributed by atoms with van der Waals surface area (Å²) in [7, 11) is 0. The number of carbonyl (C=O) groups excluding carboxylic acids is 1. The van der Waals surface area contributed by atoms with Crippen LogP contribution in [0.25, 0.3) is 0 Å². The Hall–Kier alpha value is -3.20. The van der Waals surface area contributed by atoms with Crippen molar-refractivity contribution in [1.29, 1.82) is 10.5 Å². The van der Waals surface area contributed by atoms with Gasteiger partial charge in [-0.2, -0.15) is 23.7 Å². The van der Waals surface area contributed by atoms with E-state index in [1.54, 1.807) is 0 Å². The standard InChI is InChI=1S/C12H8F3N5O/c13-12(14,15)7-1-3-8(4-2-7)19-11(21)20-10(6-17)9(18)5-16/h1-4H,18H2,(H2,19,20,21). The summed E-state index contributed by atoms with van der Waals surface area (Å²) in [5, 5.41) is 21.4. The summed E-state index contributed by atoms with van der Waals surface area (Å²) < 4.78 is 37.0. The first-order chi connectivity index (χ1) is 9.77. The Morgan fingerprint density at radius 1 is 1.14 bits per heavy atom. The third kappa shape index (κ3) is 4.44. The minimum Gasteiger partial charge on any atom is -0.388 e. The highest BCUT2D eigenvalue weighted by Crippen LogP contribution is 2.29. The van der Waals surface area contributed by atoms with Gasteiger partial charge in [0.2, 0.25) is 0 Å². The summed E-state index contributed by atoms with van der Waals surface area (Å²) in [5.74, 6) is 0. The van der Waals surface area contributed by atoms with E-state index in [2.05, 4.69) is 5.32 Å². The van der Waals surface area contributed by atoms with Gasteiger partial charge in [0.25, 0.3) is 0 Å². The predicted molar refractivity (Wildman–Crippen MR) is 66.0 cm³/mol. The lowest BCUT2D eigenvalue weighted by Crippen LogP contribution is -2.29. The molecule has 6 nitrogen and oxygen atoms in total. The molecule has 0 fully saturated rings. The Morgan fingerprint density at radius 3 is 2.14 bits per heavy atom. The van der Waals surface area contributed by atoms with Gasteiger partial charge < -0.3 is 11.1 Å². The number of nitrogens with two attached hydrogens (primary N) is 1. The molecular formula is C12H8F3N5O. The average Bonchev–Trinajstić information content (AvgIpc) is 2.43. The number of halogens is 3. The van der Waals surface area contributed by atoms with Crippen LogP contribution >= 0.6 is 0 Å². The normalized spacial score (nSPS) is 11.7. The molecule has 0 atom stereocenters. The highest BCUT2D eigenvalue weighted by molar-refractivity contribution is 5.91. The topological polar surface area (TPSA) is 115 Å². The first-order valence-corrected chi connectivity index (χ1v) is 5.33. The van der Waals surface area contributed by atoms with Crippen molar-refractivity contribution >= 4 is 11.7 Å². The van der Waals surface area contributed by atoms with Crippen molar-refractivity contribution in [3.8, 4) is 12.1 Å². The van der Waals surface area contributed by atoms with Crippen LogP contribution in [0, 0.1) is 22.7 Å². The monoisotopic (exact) mass is 295 g/mol. The third-order valence-electron chi connectivity index (χ3n) is 2.21. The number of hydrogen-bond acceptors (Lipinski definition) is 4. The molecular weight excluding hydrogens is 287 g/mol. The van der Waals surface area contributed by atoms with Gasteiger partial charge in [-0.15, -0.1) is 0 Å². The summed E-state index contributed by atoms with van der Waals surface area (Å²) in [6.45, 7) is 0. The van der Waals surface area contributed by atoms with E-state index in [1.807, 2.05) is 5.32 Å². The number of rotatable bonds is 2. The van der Waals surface area contributed by atoms with Crippen molar-refractivity contribution in [3.63, 3.8) is 0 Å². The number of nitrogens with zero attached hydrogens (tertiary/aromatic N) is 2. The highest BCUT2D eigenvalue weighted by Gasteiger charge is 2.29. The molecule has 9 heteroatoms. The van der Waals surface area contributed by atoms with Crippen LogP contribution in [0.2, 0.25) is 0 Å². The molecule has 0 bridgehead atoms. The zero-order valence-corrected chi connectivity index (χ0v) is 10.3. The van der Waals surface area contributed by atoms with Gasteiger partial charge in [0.05, 0.1) is 5.56 Å².